The number of nitrogens with zero attached hydrogens (tertiary/aromatic N) is 1. The molecule has 0 spiro atoms. The molecular weight excluding hydrogens is 354 g/mol. The second-order valence-corrected chi connectivity index (χ2v) is 7.99. The van der Waals surface area contributed by atoms with Gasteiger partial charge in [0.05, 0.1) is 38.1 Å². The first-order chi connectivity index (χ1) is 13.8. The Morgan fingerprint density at radius 1 is 0.821 bits per heavy atom. The summed E-state index contributed by atoms with van der Waals surface area (Å²) in [6, 6.07) is 9.54. The number of rotatable bonds is 9. The van der Waals surface area contributed by atoms with Crippen LogP contribution in [-0.4, -0.2) is 32.7 Å². The van der Waals surface area contributed by atoms with E-state index in [1.807, 2.05) is 12.1 Å². The molecule has 0 radical (unpaired) electrons. The van der Waals surface area contributed by atoms with E-state index in [2.05, 4.69) is 13.0 Å². The topological polar surface area (TPSA) is 60.7 Å². The van der Waals surface area contributed by atoms with Crippen LogP contribution >= 0.6 is 0 Å². The zero-order chi connectivity index (χ0) is 19.6. The molecule has 2 aliphatic heterocycles. The van der Waals surface area contributed by atoms with Crippen molar-refractivity contribution >= 4 is 0 Å². The monoisotopic (exact) mass is 387 g/mol. The smallest absolute Gasteiger partial charge is 0.183 e. The second-order valence-electron chi connectivity index (χ2n) is 7.99. The maximum Gasteiger partial charge on any atom is 0.183 e. The van der Waals surface area contributed by atoms with Gasteiger partial charge in [-0.15, -0.1) is 0 Å². The van der Waals surface area contributed by atoms with Gasteiger partial charge in [0.25, 0.3) is 0 Å². The standard InChI is InChI=1S/C23H33NO4/c1-2-3-6-19-14-25-22(26-15-19)8-5-4-7-20-16-27-23(28-17-20)21-11-9-18(13-24)10-12-21/h9-12,19-20,22-23H,2-8,14-17H2,1H3. The van der Waals surface area contributed by atoms with Crippen molar-refractivity contribution in [3.63, 3.8) is 0 Å². The van der Waals surface area contributed by atoms with Gasteiger partial charge in [0.15, 0.2) is 12.6 Å². The Labute approximate surface area is 168 Å². The number of hydrogen-bond donors (Lipinski definition) is 0. The van der Waals surface area contributed by atoms with Gasteiger partial charge in [0.2, 0.25) is 0 Å². The van der Waals surface area contributed by atoms with Crippen molar-refractivity contribution in [3.8, 4) is 6.07 Å². The van der Waals surface area contributed by atoms with Gasteiger partial charge in [-0.05, 0) is 37.8 Å². The number of benzene rings is 1. The maximum absolute atomic E-state index is 8.87. The van der Waals surface area contributed by atoms with Gasteiger partial charge in [-0.25, -0.2) is 0 Å². The Morgan fingerprint density at radius 3 is 2.00 bits per heavy atom. The summed E-state index contributed by atoms with van der Waals surface area (Å²) in [5.41, 5.74) is 1.63. The molecule has 3 rings (SSSR count). The van der Waals surface area contributed by atoms with E-state index in [0.717, 1.165) is 57.7 Å². The molecule has 0 atom stereocenters. The predicted molar refractivity (Wildman–Crippen MR) is 106 cm³/mol. The van der Waals surface area contributed by atoms with Crippen LogP contribution in [0.4, 0.5) is 0 Å². The first kappa shape index (κ1) is 21.3. The van der Waals surface area contributed by atoms with Gasteiger partial charge >= 0.3 is 0 Å². The molecule has 0 unspecified atom stereocenters. The molecule has 2 fully saturated rings. The molecule has 0 aromatic heterocycles. The molecule has 1 aromatic rings. The zero-order valence-electron chi connectivity index (χ0n) is 17.0. The molecule has 0 saturated carbocycles. The lowest BCUT2D eigenvalue weighted by molar-refractivity contribution is -0.208. The molecule has 2 aliphatic rings. The highest BCUT2D eigenvalue weighted by Gasteiger charge is 2.24. The normalized spacial score (nSPS) is 28.0. The molecule has 154 valence electrons. The van der Waals surface area contributed by atoms with E-state index in [4.69, 9.17) is 24.2 Å². The molecule has 0 aliphatic carbocycles. The quantitative estimate of drug-likeness (QED) is 0.561. The average Bonchev–Trinajstić information content (AvgIpc) is 2.76. The molecule has 2 saturated heterocycles. The van der Waals surface area contributed by atoms with E-state index in [0.29, 0.717) is 17.4 Å². The predicted octanol–water partition coefficient (Wildman–Crippen LogP) is 4.96. The summed E-state index contributed by atoms with van der Waals surface area (Å²) in [6.07, 6.45) is 7.72. The van der Waals surface area contributed by atoms with Crippen molar-refractivity contribution < 1.29 is 18.9 Å². The number of hydrogen-bond acceptors (Lipinski definition) is 5. The number of ether oxygens (including phenoxy) is 4. The van der Waals surface area contributed by atoms with E-state index in [1.54, 1.807) is 12.1 Å². The van der Waals surface area contributed by atoms with Crippen LogP contribution in [0.25, 0.3) is 0 Å². The Balaban J connectivity index is 1.25. The SMILES string of the molecule is CCCCC1COC(CCCCC2COC(c3ccc(C#N)cc3)OC2)OC1. The van der Waals surface area contributed by atoms with Crippen LogP contribution < -0.4 is 0 Å². The van der Waals surface area contributed by atoms with E-state index in [9.17, 15) is 0 Å². The summed E-state index contributed by atoms with van der Waals surface area (Å²) in [7, 11) is 0. The fourth-order valence-corrected chi connectivity index (χ4v) is 3.77. The van der Waals surface area contributed by atoms with E-state index < -0.39 is 0 Å². The molecule has 5 nitrogen and oxygen atoms in total. The molecule has 28 heavy (non-hydrogen) atoms. The lowest BCUT2D eigenvalue weighted by Crippen LogP contribution is -2.32. The van der Waals surface area contributed by atoms with Crippen LogP contribution in [0, 0.1) is 23.2 Å². The minimum Gasteiger partial charge on any atom is -0.352 e. The van der Waals surface area contributed by atoms with Gasteiger partial charge in [-0.3, -0.25) is 0 Å². The van der Waals surface area contributed by atoms with Crippen LogP contribution in [0.1, 0.15) is 69.3 Å². The Bertz CT molecular complexity index is 596. The van der Waals surface area contributed by atoms with Crippen molar-refractivity contribution in [3.05, 3.63) is 35.4 Å². The van der Waals surface area contributed by atoms with E-state index >= 15 is 0 Å². The van der Waals surface area contributed by atoms with Gasteiger partial charge in [0.1, 0.15) is 0 Å². The van der Waals surface area contributed by atoms with Crippen LogP contribution in [0.15, 0.2) is 24.3 Å². The summed E-state index contributed by atoms with van der Waals surface area (Å²) < 4.78 is 23.5. The van der Waals surface area contributed by atoms with Gasteiger partial charge in [-0.2, -0.15) is 5.26 Å². The first-order valence-electron chi connectivity index (χ1n) is 10.7. The van der Waals surface area contributed by atoms with Crippen molar-refractivity contribution in [2.24, 2.45) is 11.8 Å². The summed E-state index contributed by atoms with van der Waals surface area (Å²) in [4.78, 5) is 0. The number of unbranched alkanes of at least 4 members (excludes halogenated alkanes) is 2. The van der Waals surface area contributed by atoms with Crippen LogP contribution in [-0.2, 0) is 18.9 Å². The fraction of sp³-hybridized carbons (Fsp3) is 0.696. The van der Waals surface area contributed by atoms with Gasteiger partial charge in [0, 0.05) is 17.4 Å². The molecule has 0 amide bonds. The van der Waals surface area contributed by atoms with Crippen molar-refractivity contribution in [2.75, 3.05) is 26.4 Å². The van der Waals surface area contributed by atoms with Crippen LogP contribution in [0.5, 0.6) is 0 Å². The van der Waals surface area contributed by atoms with E-state index in [-0.39, 0.29) is 12.6 Å². The Kier molecular flexibility index (Phi) is 8.75. The molecule has 2 heterocycles. The summed E-state index contributed by atoms with van der Waals surface area (Å²) >= 11 is 0. The van der Waals surface area contributed by atoms with Crippen LogP contribution in [0.2, 0.25) is 0 Å². The summed E-state index contributed by atoms with van der Waals surface area (Å²) in [6.45, 7) is 5.38. The Morgan fingerprint density at radius 2 is 1.39 bits per heavy atom. The van der Waals surface area contributed by atoms with Crippen molar-refractivity contribution in [2.45, 2.75) is 64.4 Å². The Hall–Kier alpha value is -1.45. The summed E-state index contributed by atoms with van der Waals surface area (Å²) in [5.74, 6) is 1.03. The highest BCUT2D eigenvalue weighted by Crippen LogP contribution is 2.28. The maximum atomic E-state index is 8.87. The third kappa shape index (κ3) is 6.56. The average molecular weight is 388 g/mol. The number of nitriles is 1. The molecule has 1 aromatic carbocycles. The van der Waals surface area contributed by atoms with E-state index in [1.165, 1.54) is 19.3 Å². The molecule has 5 heteroatoms. The van der Waals surface area contributed by atoms with Crippen molar-refractivity contribution in [1.29, 1.82) is 5.26 Å². The van der Waals surface area contributed by atoms with Gasteiger partial charge < -0.3 is 18.9 Å². The van der Waals surface area contributed by atoms with Gasteiger partial charge in [-0.1, -0.05) is 38.3 Å². The van der Waals surface area contributed by atoms with Crippen LogP contribution in [0.3, 0.4) is 0 Å². The lowest BCUT2D eigenvalue weighted by atomic mass is 10.0. The third-order valence-electron chi connectivity index (χ3n) is 5.58. The fourth-order valence-electron chi connectivity index (χ4n) is 3.77. The minimum absolute atomic E-state index is 0.0162. The molecule has 0 bridgehead atoms. The first-order valence-corrected chi connectivity index (χ1v) is 10.7. The second kappa shape index (κ2) is 11.5. The molecular formula is C23H33NO4. The highest BCUT2D eigenvalue weighted by atomic mass is 16.7. The molecule has 0 N–H and O–H groups in total. The zero-order valence-corrected chi connectivity index (χ0v) is 17.0. The minimum atomic E-state index is -0.311. The largest absolute Gasteiger partial charge is 0.352 e. The lowest BCUT2D eigenvalue weighted by Gasteiger charge is -2.30. The van der Waals surface area contributed by atoms with Crippen molar-refractivity contribution in [1.82, 2.24) is 0 Å². The third-order valence-corrected chi connectivity index (χ3v) is 5.58. The highest BCUT2D eigenvalue weighted by molar-refractivity contribution is 5.32. The summed E-state index contributed by atoms with van der Waals surface area (Å²) in [5, 5.41) is 8.87.